The highest BCUT2D eigenvalue weighted by Crippen LogP contribution is 2.11. The molecule has 106 valence electrons. The molecule has 0 aromatic rings. The molecule has 1 N–H and O–H groups in total. The number of thioether (sulfide) groups is 1. The number of rotatable bonds is 5. The van der Waals surface area contributed by atoms with Crippen molar-refractivity contribution in [3.8, 4) is 0 Å². The Labute approximate surface area is 117 Å². The number of hydrogen-bond acceptors (Lipinski definition) is 4. The first-order chi connectivity index (χ1) is 8.88. The van der Waals surface area contributed by atoms with Gasteiger partial charge < -0.3 is 15.1 Å². The molecule has 2 saturated heterocycles. The normalized spacial score (nSPS) is 28.2. The number of hydrogen-bond donors (Lipinski definition) is 1. The molecule has 2 heterocycles. The molecule has 0 amide bonds. The van der Waals surface area contributed by atoms with Crippen molar-refractivity contribution in [2.45, 2.75) is 32.2 Å². The summed E-state index contributed by atoms with van der Waals surface area (Å²) in [6.45, 7) is 11.1. The summed E-state index contributed by atoms with van der Waals surface area (Å²) in [5.74, 6) is 2.66. The van der Waals surface area contributed by atoms with Gasteiger partial charge in [-0.25, -0.2) is 0 Å². The van der Waals surface area contributed by atoms with Gasteiger partial charge in [0.15, 0.2) is 0 Å². The largest absolute Gasteiger partial charge is 0.313 e. The van der Waals surface area contributed by atoms with E-state index >= 15 is 0 Å². The molecule has 18 heavy (non-hydrogen) atoms. The van der Waals surface area contributed by atoms with Crippen LogP contribution in [0.25, 0.3) is 0 Å². The van der Waals surface area contributed by atoms with Gasteiger partial charge in [-0.3, -0.25) is 0 Å². The summed E-state index contributed by atoms with van der Waals surface area (Å²) < 4.78 is 0. The molecule has 2 aliphatic rings. The Balaban J connectivity index is 1.58. The molecule has 0 radical (unpaired) electrons. The van der Waals surface area contributed by atoms with Gasteiger partial charge in [0.2, 0.25) is 0 Å². The van der Waals surface area contributed by atoms with Crippen molar-refractivity contribution < 1.29 is 0 Å². The van der Waals surface area contributed by atoms with Gasteiger partial charge in [0.25, 0.3) is 0 Å². The number of nitrogens with zero attached hydrogens (tertiary/aromatic N) is 2. The Kier molecular flexibility index (Phi) is 6.84. The molecule has 0 aromatic heterocycles. The first-order valence-corrected chi connectivity index (χ1v) is 8.80. The molecule has 2 rings (SSSR count). The average Bonchev–Trinajstić information content (AvgIpc) is 2.65. The van der Waals surface area contributed by atoms with E-state index in [0.29, 0.717) is 0 Å². The lowest BCUT2D eigenvalue weighted by molar-refractivity contribution is 0.285. The van der Waals surface area contributed by atoms with Crippen LogP contribution >= 0.6 is 11.8 Å². The minimum atomic E-state index is 0.765. The van der Waals surface area contributed by atoms with E-state index in [1.165, 1.54) is 76.6 Å². The lowest BCUT2D eigenvalue weighted by atomic mass is 10.1. The minimum absolute atomic E-state index is 0.765. The molecular weight excluding hydrogens is 242 g/mol. The smallest absolute Gasteiger partial charge is 0.0108 e. The summed E-state index contributed by atoms with van der Waals surface area (Å²) in [7, 11) is 0. The molecule has 1 unspecified atom stereocenters. The van der Waals surface area contributed by atoms with Crippen LogP contribution in [0.5, 0.6) is 0 Å². The van der Waals surface area contributed by atoms with Gasteiger partial charge >= 0.3 is 0 Å². The second-order valence-electron chi connectivity index (χ2n) is 5.47. The van der Waals surface area contributed by atoms with Crippen LogP contribution in [-0.2, 0) is 0 Å². The highest BCUT2D eigenvalue weighted by atomic mass is 32.2. The van der Waals surface area contributed by atoms with E-state index in [1.807, 2.05) is 0 Å². The molecule has 0 saturated carbocycles. The Morgan fingerprint density at radius 1 is 1.06 bits per heavy atom. The standard InChI is InChI=1S/C14H29N3S/c1-2-16-7-3-4-14(5-8-16)15-6-9-17-10-12-18-13-11-17/h14-15H,2-13H2,1H3. The van der Waals surface area contributed by atoms with E-state index in [9.17, 15) is 0 Å². The first kappa shape index (κ1) is 14.6. The molecule has 0 bridgehead atoms. The molecule has 2 fully saturated rings. The third-order valence-corrected chi connectivity index (χ3v) is 5.18. The van der Waals surface area contributed by atoms with Gasteiger partial charge in [0, 0.05) is 43.7 Å². The Morgan fingerprint density at radius 3 is 2.67 bits per heavy atom. The monoisotopic (exact) mass is 271 g/mol. The highest BCUT2D eigenvalue weighted by Gasteiger charge is 2.16. The van der Waals surface area contributed by atoms with Crippen LogP contribution in [0.4, 0.5) is 0 Å². The quantitative estimate of drug-likeness (QED) is 0.816. The van der Waals surface area contributed by atoms with Gasteiger partial charge in [-0.1, -0.05) is 6.92 Å². The summed E-state index contributed by atoms with van der Waals surface area (Å²) in [5.41, 5.74) is 0. The molecule has 4 heteroatoms. The molecule has 0 spiro atoms. The lowest BCUT2D eigenvalue weighted by Crippen LogP contribution is -2.40. The van der Waals surface area contributed by atoms with Crippen LogP contribution in [0.2, 0.25) is 0 Å². The number of likely N-dealkylation sites (tertiary alicyclic amines) is 1. The van der Waals surface area contributed by atoms with Crippen LogP contribution in [0, 0.1) is 0 Å². The maximum absolute atomic E-state index is 3.78. The van der Waals surface area contributed by atoms with Crippen molar-refractivity contribution in [1.29, 1.82) is 0 Å². The van der Waals surface area contributed by atoms with Crippen LogP contribution in [-0.4, -0.2) is 73.2 Å². The van der Waals surface area contributed by atoms with E-state index in [2.05, 4.69) is 33.8 Å². The van der Waals surface area contributed by atoms with Crippen molar-refractivity contribution in [3.05, 3.63) is 0 Å². The van der Waals surface area contributed by atoms with Crippen molar-refractivity contribution in [3.63, 3.8) is 0 Å². The predicted octanol–water partition coefficient (Wildman–Crippen LogP) is 1.50. The predicted molar refractivity (Wildman–Crippen MR) is 81.5 cm³/mol. The summed E-state index contributed by atoms with van der Waals surface area (Å²) >= 11 is 2.10. The van der Waals surface area contributed by atoms with Crippen LogP contribution in [0.15, 0.2) is 0 Å². The van der Waals surface area contributed by atoms with Crippen molar-refractivity contribution in [2.75, 3.05) is 57.3 Å². The molecule has 0 aliphatic carbocycles. The minimum Gasteiger partial charge on any atom is -0.313 e. The Bertz CT molecular complexity index is 219. The maximum Gasteiger partial charge on any atom is 0.0108 e. The second-order valence-corrected chi connectivity index (χ2v) is 6.69. The second kappa shape index (κ2) is 8.41. The summed E-state index contributed by atoms with van der Waals surface area (Å²) in [5, 5.41) is 3.78. The summed E-state index contributed by atoms with van der Waals surface area (Å²) in [6.07, 6.45) is 4.07. The Hall–Kier alpha value is 0.230. The zero-order valence-electron chi connectivity index (χ0n) is 11.9. The van der Waals surface area contributed by atoms with E-state index in [0.717, 1.165) is 6.04 Å². The van der Waals surface area contributed by atoms with Crippen molar-refractivity contribution in [1.82, 2.24) is 15.1 Å². The van der Waals surface area contributed by atoms with Crippen molar-refractivity contribution in [2.24, 2.45) is 0 Å². The third-order valence-electron chi connectivity index (χ3n) is 4.23. The molecule has 0 aromatic carbocycles. The van der Waals surface area contributed by atoms with Gasteiger partial charge in [-0.05, 0) is 38.9 Å². The first-order valence-electron chi connectivity index (χ1n) is 7.64. The Morgan fingerprint density at radius 2 is 1.89 bits per heavy atom. The zero-order valence-corrected chi connectivity index (χ0v) is 12.7. The summed E-state index contributed by atoms with van der Waals surface area (Å²) in [6, 6.07) is 0.765. The van der Waals surface area contributed by atoms with Crippen LogP contribution in [0.3, 0.4) is 0 Å². The molecule has 1 atom stereocenters. The van der Waals surface area contributed by atoms with E-state index < -0.39 is 0 Å². The fraction of sp³-hybridized carbons (Fsp3) is 1.00. The van der Waals surface area contributed by atoms with Crippen LogP contribution < -0.4 is 5.32 Å². The molecule has 2 aliphatic heterocycles. The highest BCUT2D eigenvalue weighted by molar-refractivity contribution is 7.99. The lowest BCUT2D eigenvalue weighted by Gasteiger charge is -2.27. The van der Waals surface area contributed by atoms with Gasteiger partial charge in [-0.15, -0.1) is 0 Å². The summed E-state index contributed by atoms with van der Waals surface area (Å²) in [4.78, 5) is 5.20. The zero-order chi connectivity index (χ0) is 12.6. The molecular formula is C14H29N3S. The fourth-order valence-electron chi connectivity index (χ4n) is 2.93. The third kappa shape index (κ3) is 5.08. The van der Waals surface area contributed by atoms with E-state index in [-0.39, 0.29) is 0 Å². The molecule has 3 nitrogen and oxygen atoms in total. The van der Waals surface area contributed by atoms with Gasteiger partial charge in [0.1, 0.15) is 0 Å². The van der Waals surface area contributed by atoms with Crippen molar-refractivity contribution >= 4 is 11.8 Å². The van der Waals surface area contributed by atoms with Gasteiger partial charge in [0.05, 0.1) is 0 Å². The topological polar surface area (TPSA) is 18.5 Å². The SMILES string of the molecule is CCN1CCCC(NCCN2CCSCC2)CC1. The van der Waals surface area contributed by atoms with E-state index in [1.54, 1.807) is 0 Å². The average molecular weight is 271 g/mol. The fourth-order valence-corrected chi connectivity index (χ4v) is 3.91. The van der Waals surface area contributed by atoms with Gasteiger partial charge in [-0.2, -0.15) is 11.8 Å². The maximum atomic E-state index is 3.78. The number of nitrogens with one attached hydrogen (secondary N) is 1. The van der Waals surface area contributed by atoms with E-state index in [4.69, 9.17) is 0 Å². The van der Waals surface area contributed by atoms with Crippen LogP contribution in [0.1, 0.15) is 26.2 Å².